The van der Waals surface area contributed by atoms with Gasteiger partial charge in [-0.1, -0.05) is 6.08 Å². The van der Waals surface area contributed by atoms with Gasteiger partial charge in [0.2, 0.25) is 0 Å². The van der Waals surface area contributed by atoms with Gasteiger partial charge in [-0.2, -0.15) is 0 Å². The second kappa shape index (κ2) is 4.41. The normalized spacial score (nSPS) is 31.5. The van der Waals surface area contributed by atoms with Crippen LogP contribution in [-0.2, 0) is 14.0 Å². The number of hydrogen-bond donors (Lipinski definition) is 0. The van der Waals surface area contributed by atoms with Crippen LogP contribution in [0.2, 0.25) is 0 Å². The standard InChI is InChI=1S/C13H23BO3/c1-12(2)13(3,4)17-14(16-12)10-6-8-11(15-5)9-7-10/h6,11H,7-9H2,1-5H3/t11-/m1/s1. The molecule has 0 N–H and O–H groups in total. The van der Waals surface area contributed by atoms with E-state index in [-0.39, 0.29) is 18.3 Å². The number of ether oxygens (including phenoxy) is 1. The van der Waals surface area contributed by atoms with E-state index in [1.165, 1.54) is 5.47 Å². The summed E-state index contributed by atoms with van der Waals surface area (Å²) < 4.78 is 17.4. The maximum Gasteiger partial charge on any atom is 0.490 e. The summed E-state index contributed by atoms with van der Waals surface area (Å²) >= 11 is 0. The van der Waals surface area contributed by atoms with Crippen LogP contribution in [0.3, 0.4) is 0 Å². The molecule has 0 unspecified atom stereocenters. The molecule has 2 rings (SSSR count). The third kappa shape index (κ3) is 2.44. The fourth-order valence-corrected chi connectivity index (χ4v) is 2.25. The predicted octanol–water partition coefficient (Wildman–Crippen LogP) is 2.74. The van der Waals surface area contributed by atoms with Crippen molar-refractivity contribution in [1.29, 1.82) is 0 Å². The third-order valence-corrected chi connectivity index (χ3v) is 4.29. The smallest absolute Gasteiger partial charge is 0.400 e. The monoisotopic (exact) mass is 238 g/mol. The highest BCUT2D eigenvalue weighted by atomic mass is 16.7. The van der Waals surface area contributed by atoms with Crippen molar-refractivity contribution in [1.82, 2.24) is 0 Å². The molecule has 0 aromatic heterocycles. The minimum atomic E-state index is -0.239. The quantitative estimate of drug-likeness (QED) is 0.692. The summed E-state index contributed by atoms with van der Waals surface area (Å²) in [6.07, 6.45) is 5.62. The molecule has 1 atom stereocenters. The van der Waals surface area contributed by atoms with Gasteiger partial charge in [-0.3, -0.25) is 0 Å². The van der Waals surface area contributed by atoms with E-state index in [4.69, 9.17) is 14.0 Å². The van der Waals surface area contributed by atoms with Crippen LogP contribution in [0.4, 0.5) is 0 Å². The molecule has 1 aliphatic heterocycles. The molecule has 1 fully saturated rings. The second-order valence-electron chi connectivity index (χ2n) is 6.00. The van der Waals surface area contributed by atoms with E-state index in [0.717, 1.165) is 19.3 Å². The van der Waals surface area contributed by atoms with Gasteiger partial charge in [-0.15, -0.1) is 0 Å². The minimum Gasteiger partial charge on any atom is -0.400 e. The zero-order valence-electron chi connectivity index (χ0n) is 11.6. The van der Waals surface area contributed by atoms with Gasteiger partial charge in [0.15, 0.2) is 0 Å². The van der Waals surface area contributed by atoms with Crippen LogP contribution in [0.5, 0.6) is 0 Å². The van der Waals surface area contributed by atoms with Crippen molar-refractivity contribution in [3.8, 4) is 0 Å². The Balaban J connectivity index is 2.05. The van der Waals surface area contributed by atoms with Crippen LogP contribution in [-0.4, -0.2) is 31.5 Å². The van der Waals surface area contributed by atoms with Gasteiger partial charge >= 0.3 is 7.12 Å². The van der Waals surface area contributed by atoms with Gasteiger partial charge in [0.1, 0.15) is 0 Å². The Morgan fingerprint density at radius 1 is 1.24 bits per heavy atom. The van der Waals surface area contributed by atoms with E-state index in [1.54, 1.807) is 7.11 Å². The van der Waals surface area contributed by atoms with Crippen LogP contribution in [0.15, 0.2) is 11.5 Å². The lowest BCUT2D eigenvalue weighted by Crippen LogP contribution is -2.41. The summed E-state index contributed by atoms with van der Waals surface area (Å²) in [4.78, 5) is 0. The summed E-state index contributed by atoms with van der Waals surface area (Å²) in [7, 11) is 1.61. The van der Waals surface area contributed by atoms with Gasteiger partial charge in [0.05, 0.1) is 17.3 Å². The first-order valence-electron chi connectivity index (χ1n) is 6.43. The number of rotatable bonds is 2. The van der Waals surface area contributed by atoms with Crippen molar-refractivity contribution in [2.45, 2.75) is 64.3 Å². The Kier molecular flexibility index (Phi) is 3.41. The molecule has 0 amide bonds. The fraction of sp³-hybridized carbons (Fsp3) is 0.846. The molecule has 2 aliphatic rings. The van der Waals surface area contributed by atoms with E-state index in [0.29, 0.717) is 6.10 Å². The van der Waals surface area contributed by atoms with Crippen molar-refractivity contribution in [2.75, 3.05) is 7.11 Å². The Labute approximate surface area is 105 Å². The lowest BCUT2D eigenvalue weighted by atomic mass is 9.72. The van der Waals surface area contributed by atoms with E-state index < -0.39 is 0 Å². The first kappa shape index (κ1) is 13.1. The molecule has 0 radical (unpaired) electrons. The number of methoxy groups -OCH3 is 1. The average Bonchev–Trinajstić information content (AvgIpc) is 2.48. The highest BCUT2D eigenvalue weighted by Gasteiger charge is 2.52. The average molecular weight is 238 g/mol. The van der Waals surface area contributed by atoms with Crippen LogP contribution in [0.1, 0.15) is 47.0 Å². The summed E-state index contributed by atoms with van der Waals surface area (Å²) in [6, 6.07) is 0. The van der Waals surface area contributed by atoms with Crippen molar-refractivity contribution < 1.29 is 14.0 Å². The molecule has 0 bridgehead atoms. The maximum absolute atomic E-state index is 6.04. The van der Waals surface area contributed by atoms with Crippen molar-refractivity contribution in [3.05, 3.63) is 11.5 Å². The largest absolute Gasteiger partial charge is 0.490 e. The summed E-state index contributed by atoms with van der Waals surface area (Å²) in [6.45, 7) is 8.37. The molecule has 1 heterocycles. The predicted molar refractivity (Wildman–Crippen MR) is 68.8 cm³/mol. The second-order valence-corrected chi connectivity index (χ2v) is 6.00. The maximum atomic E-state index is 6.04. The van der Waals surface area contributed by atoms with E-state index in [9.17, 15) is 0 Å². The molecule has 1 aliphatic carbocycles. The molecular formula is C13H23BO3. The van der Waals surface area contributed by atoms with Crippen LogP contribution in [0, 0.1) is 0 Å². The van der Waals surface area contributed by atoms with Gasteiger partial charge in [0, 0.05) is 7.11 Å². The molecule has 0 aromatic carbocycles. The Hall–Kier alpha value is -0.315. The Morgan fingerprint density at radius 3 is 2.24 bits per heavy atom. The molecule has 1 saturated heterocycles. The third-order valence-electron chi connectivity index (χ3n) is 4.29. The first-order chi connectivity index (χ1) is 7.86. The molecule has 17 heavy (non-hydrogen) atoms. The van der Waals surface area contributed by atoms with Gasteiger partial charge in [-0.05, 0) is 52.4 Å². The zero-order valence-corrected chi connectivity index (χ0v) is 11.6. The Morgan fingerprint density at radius 2 is 1.82 bits per heavy atom. The van der Waals surface area contributed by atoms with Crippen LogP contribution >= 0.6 is 0 Å². The minimum absolute atomic E-state index is 0.169. The summed E-state index contributed by atoms with van der Waals surface area (Å²) in [5.74, 6) is 0. The molecule has 4 heteroatoms. The lowest BCUT2D eigenvalue weighted by molar-refractivity contribution is 0.00578. The number of hydrogen-bond acceptors (Lipinski definition) is 3. The van der Waals surface area contributed by atoms with Crippen LogP contribution < -0.4 is 0 Å². The van der Waals surface area contributed by atoms with Crippen molar-refractivity contribution in [3.63, 3.8) is 0 Å². The van der Waals surface area contributed by atoms with E-state index >= 15 is 0 Å². The van der Waals surface area contributed by atoms with Gasteiger partial charge in [0.25, 0.3) is 0 Å². The molecule has 0 aromatic rings. The van der Waals surface area contributed by atoms with E-state index in [1.807, 2.05) is 0 Å². The molecule has 3 nitrogen and oxygen atoms in total. The topological polar surface area (TPSA) is 27.7 Å². The molecule has 96 valence electrons. The van der Waals surface area contributed by atoms with E-state index in [2.05, 4.69) is 33.8 Å². The zero-order chi connectivity index (χ0) is 12.7. The van der Waals surface area contributed by atoms with Gasteiger partial charge in [-0.25, -0.2) is 0 Å². The van der Waals surface area contributed by atoms with Gasteiger partial charge < -0.3 is 14.0 Å². The first-order valence-corrected chi connectivity index (χ1v) is 6.43. The lowest BCUT2D eigenvalue weighted by Gasteiger charge is -2.32. The summed E-state index contributed by atoms with van der Waals surface area (Å²) in [5, 5.41) is 0. The molecule has 0 saturated carbocycles. The molecular weight excluding hydrogens is 215 g/mol. The SMILES string of the molecule is CO[C@@H]1CC=C(B2OC(C)(C)C(C)(C)O2)CC1. The Bertz CT molecular complexity index is 307. The molecule has 0 spiro atoms. The van der Waals surface area contributed by atoms with Crippen molar-refractivity contribution >= 4 is 7.12 Å². The van der Waals surface area contributed by atoms with Crippen LogP contribution in [0.25, 0.3) is 0 Å². The number of allylic oxidation sites excluding steroid dienone is 1. The highest BCUT2D eigenvalue weighted by Crippen LogP contribution is 2.40. The fourth-order valence-electron chi connectivity index (χ4n) is 2.25. The van der Waals surface area contributed by atoms with Crippen molar-refractivity contribution in [2.24, 2.45) is 0 Å². The summed E-state index contributed by atoms with van der Waals surface area (Å²) in [5.41, 5.74) is 0.796. The highest BCUT2D eigenvalue weighted by molar-refractivity contribution is 6.54.